The van der Waals surface area contributed by atoms with Crippen LogP contribution in [0.3, 0.4) is 0 Å². The molecule has 1 fully saturated rings. The van der Waals surface area contributed by atoms with Gasteiger partial charge in [-0.1, -0.05) is 41.9 Å². The number of hydrogen-bond acceptors (Lipinski definition) is 5. The number of anilines is 1. The molecule has 0 saturated carbocycles. The van der Waals surface area contributed by atoms with Crippen LogP contribution in [-0.2, 0) is 16.2 Å². The number of imide groups is 2. The highest BCUT2D eigenvalue weighted by molar-refractivity contribution is 6.39. The first-order chi connectivity index (χ1) is 15.4. The van der Waals surface area contributed by atoms with Crippen LogP contribution in [0.25, 0.3) is 6.08 Å². The monoisotopic (exact) mass is 448 g/mol. The molecule has 7 nitrogen and oxygen atoms in total. The number of phenols is 1. The van der Waals surface area contributed by atoms with E-state index in [0.29, 0.717) is 17.4 Å². The molecule has 0 radical (unpaired) electrons. The third-order valence-electron chi connectivity index (χ3n) is 4.73. The van der Waals surface area contributed by atoms with Crippen LogP contribution in [0.15, 0.2) is 78.4 Å². The summed E-state index contributed by atoms with van der Waals surface area (Å²) < 4.78 is 5.72. The summed E-state index contributed by atoms with van der Waals surface area (Å²) in [5, 5.41) is 12.4. The third-order valence-corrected chi connectivity index (χ3v) is 4.97. The van der Waals surface area contributed by atoms with E-state index in [1.807, 2.05) is 30.3 Å². The standard InChI is InChI=1S/C24H17ClN2O5/c25-17-6-11-21(28)16(12-17)13-20-22(29)26-24(31)27(23(20)30)18-7-9-19(10-8-18)32-14-15-4-2-1-3-5-15/h1-13,28H,14H2,(H,26,29,31)/b20-13+. The lowest BCUT2D eigenvalue weighted by Gasteiger charge is -2.26. The number of hydrogen-bond donors (Lipinski definition) is 2. The molecule has 0 aromatic heterocycles. The lowest BCUT2D eigenvalue weighted by atomic mass is 10.1. The summed E-state index contributed by atoms with van der Waals surface area (Å²) in [4.78, 5) is 38.5. The van der Waals surface area contributed by atoms with E-state index >= 15 is 0 Å². The second-order valence-electron chi connectivity index (χ2n) is 6.93. The summed E-state index contributed by atoms with van der Waals surface area (Å²) in [6.45, 7) is 0.369. The van der Waals surface area contributed by atoms with Crippen LogP contribution < -0.4 is 15.0 Å². The fraction of sp³-hybridized carbons (Fsp3) is 0.0417. The number of amides is 4. The molecule has 0 unspecified atom stereocenters. The molecule has 0 spiro atoms. The molecule has 32 heavy (non-hydrogen) atoms. The maximum absolute atomic E-state index is 13.0. The molecule has 160 valence electrons. The minimum absolute atomic E-state index is 0.161. The average molecular weight is 449 g/mol. The first-order valence-electron chi connectivity index (χ1n) is 9.59. The molecule has 0 aliphatic carbocycles. The smallest absolute Gasteiger partial charge is 0.335 e. The number of nitrogens with one attached hydrogen (secondary N) is 1. The molecular formula is C24H17ClN2O5. The molecule has 3 aromatic rings. The van der Waals surface area contributed by atoms with Gasteiger partial charge in [0.15, 0.2) is 0 Å². The van der Waals surface area contributed by atoms with Crippen molar-refractivity contribution < 1.29 is 24.2 Å². The first kappa shape index (κ1) is 21.1. The normalized spacial score (nSPS) is 15.1. The Hall–Kier alpha value is -4.10. The van der Waals surface area contributed by atoms with E-state index in [0.717, 1.165) is 10.5 Å². The van der Waals surface area contributed by atoms with Gasteiger partial charge in [0.05, 0.1) is 5.69 Å². The van der Waals surface area contributed by atoms with Crippen molar-refractivity contribution in [1.29, 1.82) is 0 Å². The van der Waals surface area contributed by atoms with Gasteiger partial charge in [0.2, 0.25) is 0 Å². The van der Waals surface area contributed by atoms with E-state index in [1.165, 1.54) is 24.3 Å². The molecule has 1 saturated heterocycles. The number of benzene rings is 3. The maximum atomic E-state index is 13.0. The molecule has 8 heteroatoms. The molecule has 1 aliphatic heterocycles. The van der Waals surface area contributed by atoms with Crippen molar-refractivity contribution in [2.24, 2.45) is 0 Å². The Kier molecular flexibility index (Phi) is 5.91. The van der Waals surface area contributed by atoms with Crippen LogP contribution >= 0.6 is 11.6 Å². The van der Waals surface area contributed by atoms with Gasteiger partial charge in [-0.3, -0.25) is 14.9 Å². The van der Waals surface area contributed by atoms with Gasteiger partial charge in [0, 0.05) is 10.6 Å². The molecule has 0 bridgehead atoms. The van der Waals surface area contributed by atoms with Gasteiger partial charge < -0.3 is 9.84 Å². The highest BCUT2D eigenvalue weighted by Gasteiger charge is 2.37. The number of halogens is 1. The lowest BCUT2D eigenvalue weighted by Crippen LogP contribution is -2.54. The van der Waals surface area contributed by atoms with Crippen molar-refractivity contribution >= 4 is 41.2 Å². The number of carbonyl (C=O) groups excluding carboxylic acids is 3. The van der Waals surface area contributed by atoms with E-state index < -0.39 is 17.8 Å². The predicted molar refractivity (Wildman–Crippen MR) is 119 cm³/mol. The number of carbonyl (C=O) groups is 3. The Bertz CT molecular complexity index is 1220. The van der Waals surface area contributed by atoms with Gasteiger partial charge in [0.1, 0.15) is 23.7 Å². The SMILES string of the molecule is O=C1NC(=O)N(c2ccc(OCc3ccccc3)cc2)C(=O)/C1=C/c1cc(Cl)ccc1O. The maximum Gasteiger partial charge on any atom is 0.335 e. The molecule has 4 amide bonds. The first-order valence-corrected chi connectivity index (χ1v) is 9.97. The van der Waals surface area contributed by atoms with Crippen molar-refractivity contribution in [3.63, 3.8) is 0 Å². The fourth-order valence-electron chi connectivity index (χ4n) is 3.12. The molecular weight excluding hydrogens is 432 g/mol. The summed E-state index contributed by atoms with van der Waals surface area (Å²) in [5.74, 6) is -1.29. The summed E-state index contributed by atoms with van der Waals surface area (Å²) in [5.41, 5.74) is 1.12. The lowest BCUT2D eigenvalue weighted by molar-refractivity contribution is -0.122. The Balaban J connectivity index is 1.56. The topological polar surface area (TPSA) is 95.9 Å². The highest BCUT2D eigenvalue weighted by atomic mass is 35.5. The average Bonchev–Trinajstić information content (AvgIpc) is 2.79. The van der Waals surface area contributed by atoms with Crippen LogP contribution in [0.5, 0.6) is 11.5 Å². The van der Waals surface area contributed by atoms with Crippen LogP contribution in [0.4, 0.5) is 10.5 Å². The number of rotatable bonds is 5. The Labute approximate surface area is 188 Å². The minimum atomic E-state index is -0.870. The Morgan fingerprint density at radius 3 is 2.41 bits per heavy atom. The van der Waals surface area contributed by atoms with E-state index in [-0.39, 0.29) is 22.6 Å². The summed E-state index contributed by atoms with van der Waals surface area (Å²) >= 11 is 5.93. The molecule has 1 aliphatic rings. The quantitative estimate of drug-likeness (QED) is 0.448. The fourth-order valence-corrected chi connectivity index (χ4v) is 3.30. The molecule has 1 heterocycles. The second-order valence-corrected chi connectivity index (χ2v) is 7.37. The Morgan fingerprint density at radius 2 is 1.69 bits per heavy atom. The van der Waals surface area contributed by atoms with Gasteiger partial charge in [-0.15, -0.1) is 0 Å². The molecule has 4 rings (SSSR count). The Morgan fingerprint density at radius 1 is 0.969 bits per heavy atom. The molecule has 2 N–H and O–H groups in total. The third kappa shape index (κ3) is 4.48. The summed E-state index contributed by atoms with van der Waals surface area (Å²) in [6, 6.07) is 19.3. The van der Waals surface area contributed by atoms with Gasteiger partial charge in [-0.25, -0.2) is 9.69 Å². The zero-order valence-corrected chi connectivity index (χ0v) is 17.4. The van der Waals surface area contributed by atoms with Crippen molar-refractivity contribution in [3.8, 4) is 11.5 Å². The van der Waals surface area contributed by atoms with Crippen LogP contribution in [0.2, 0.25) is 5.02 Å². The molecule has 0 atom stereocenters. The number of nitrogens with zero attached hydrogens (tertiary/aromatic N) is 1. The van der Waals surface area contributed by atoms with Crippen molar-refractivity contribution in [2.45, 2.75) is 6.61 Å². The summed E-state index contributed by atoms with van der Waals surface area (Å²) in [7, 11) is 0. The van der Waals surface area contributed by atoms with Crippen molar-refractivity contribution in [3.05, 3.63) is 94.5 Å². The highest BCUT2D eigenvalue weighted by Crippen LogP contribution is 2.28. The van der Waals surface area contributed by atoms with Gasteiger partial charge in [-0.2, -0.15) is 0 Å². The minimum Gasteiger partial charge on any atom is -0.507 e. The van der Waals surface area contributed by atoms with Gasteiger partial charge >= 0.3 is 6.03 Å². The molecule has 3 aromatic carbocycles. The zero-order valence-electron chi connectivity index (χ0n) is 16.6. The summed E-state index contributed by atoms with van der Waals surface area (Å²) in [6.07, 6.45) is 1.19. The largest absolute Gasteiger partial charge is 0.507 e. The second kappa shape index (κ2) is 8.95. The van der Waals surface area contributed by atoms with Crippen molar-refractivity contribution in [2.75, 3.05) is 4.90 Å². The van der Waals surface area contributed by atoms with E-state index in [9.17, 15) is 19.5 Å². The van der Waals surface area contributed by atoms with Gasteiger partial charge in [0.25, 0.3) is 11.8 Å². The number of phenolic OH excluding ortho intramolecular Hbond substituents is 1. The number of aromatic hydroxyl groups is 1. The van der Waals surface area contributed by atoms with E-state index in [2.05, 4.69) is 5.32 Å². The van der Waals surface area contributed by atoms with Crippen LogP contribution in [0.1, 0.15) is 11.1 Å². The van der Waals surface area contributed by atoms with Crippen molar-refractivity contribution in [1.82, 2.24) is 5.32 Å². The number of ether oxygens (including phenoxy) is 1. The number of urea groups is 1. The predicted octanol–water partition coefficient (Wildman–Crippen LogP) is 4.29. The van der Waals surface area contributed by atoms with Crippen LogP contribution in [-0.4, -0.2) is 23.0 Å². The van der Waals surface area contributed by atoms with E-state index in [4.69, 9.17) is 16.3 Å². The van der Waals surface area contributed by atoms with E-state index in [1.54, 1.807) is 24.3 Å². The van der Waals surface area contributed by atoms with Gasteiger partial charge in [-0.05, 0) is 54.1 Å². The zero-order chi connectivity index (χ0) is 22.7. The van der Waals surface area contributed by atoms with Crippen LogP contribution in [0, 0.1) is 0 Å². The number of barbiturate groups is 1.